The third kappa shape index (κ3) is 4.05. The molecule has 0 spiro atoms. The smallest absolute Gasteiger partial charge is 0.254 e. The SMILES string of the molecule is O=C(c1ccc(Cl)c(N2CCCC2=O)c1)N1CCN(Cc2ccccc2)CC1. The van der Waals surface area contributed by atoms with Crippen molar-refractivity contribution >= 4 is 29.1 Å². The lowest BCUT2D eigenvalue weighted by molar-refractivity contribution is -0.117. The molecule has 0 N–H and O–H groups in total. The van der Waals surface area contributed by atoms with E-state index in [1.165, 1.54) is 5.56 Å². The van der Waals surface area contributed by atoms with Gasteiger partial charge < -0.3 is 9.80 Å². The summed E-state index contributed by atoms with van der Waals surface area (Å²) >= 11 is 6.30. The van der Waals surface area contributed by atoms with Crippen LogP contribution in [-0.2, 0) is 11.3 Å². The molecule has 0 unspecified atom stereocenters. The molecular weight excluding hydrogens is 374 g/mol. The van der Waals surface area contributed by atoms with Crippen LogP contribution in [0.1, 0.15) is 28.8 Å². The summed E-state index contributed by atoms with van der Waals surface area (Å²) in [6.07, 6.45) is 1.37. The third-order valence-corrected chi connectivity index (χ3v) is 5.79. The summed E-state index contributed by atoms with van der Waals surface area (Å²) < 4.78 is 0. The zero-order chi connectivity index (χ0) is 19.5. The highest BCUT2D eigenvalue weighted by molar-refractivity contribution is 6.34. The monoisotopic (exact) mass is 397 g/mol. The van der Waals surface area contributed by atoms with E-state index in [1.807, 2.05) is 11.0 Å². The maximum atomic E-state index is 13.0. The topological polar surface area (TPSA) is 43.9 Å². The number of amides is 2. The van der Waals surface area contributed by atoms with Gasteiger partial charge in [0, 0.05) is 51.3 Å². The fourth-order valence-electron chi connectivity index (χ4n) is 3.89. The van der Waals surface area contributed by atoms with Gasteiger partial charge in [-0.05, 0) is 30.2 Å². The van der Waals surface area contributed by atoms with Gasteiger partial charge in [-0.15, -0.1) is 0 Å². The lowest BCUT2D eigenvalue weighted by atomic mass is 10.1. The second-order valence-corrected chi connectivity index (χ2v) is 7.78. The van der Waals surface area contributed by atoms with E-state index in [1.54, 1.807) is 23.1 Å². The number of nitrogens with zero attached hydrogens (tertiary/aromatic N) is 3. The van der Waals surface area contributed by atoms with Crippen molar-refractivity contribution in [3.63, 3.8) is 0 Å². The van der Waals surface area contributed by atoms with Crippen molar-refractivity contribution in [2.24, 2.45) is 0 Å². The van der Waals surface area contributed by atoms with E-state index in [0.29, 0.717) is 42.3 Å². The Morgan fingerprint density at radius 2 is 1.71 bits per heavy atom. The summed E-state index contributed by atoms with van der Waals surface area (Å²) in [5, 5.41) is 0.513. The Balaban J connectivity index is 1.41. The Kier molecular flexibility index (Phi) is 5.64. The van der Waals surface area contributed by atoms with Gasteiger partial charge in [0.1, 0.15) is 0 Å². The first kappa shape index (κ1) is 19.0. The molecule has 2 heterocycles. The van der Waals surface area contributed by atoms with Gasteiger partial charge in [-0.3, -0.25) is 14.5 Å². The fraction of sp³-hybridized carbons (Fsp3) is 0.364. The zero-order valence-electron chi connectivity index (χ0n) is 15.8. The number of carbonyl (C=O) groups is 2. The van der Waals surface area contributed by atoms with Crippen LogP contribution in [-0.4, -0.2) is 54.3 Å². The van der Waals surface area contributed by atoms with E-state index < -0.39 is 0 Å². The molecule has 2 aliphatic rings. The van der Waals surface area contributed by atoms with E-state index in [0.717, 1.165) is 26.1 Å². The number of hydrogen-bond donors (Lipinski definition) is 0. The minimum Gasteiger partial charge on any atom is -0.336 e. The van der Waals surface area contributed by atoms with E-state index in [4.69, 9.17) is 11.6 Å². The predicted octanol–water partition coefficient (Wildman–Crippen LogP) is 3.42. The number of anilines is 1. The number of hydrogen-bond acceptors (Lipinski definition) is 3. The van der Waals surface area contributed by atoms with Crippen molar-refractivity contribution in [3.8, 4) is 0 Å². The molecule has 2 amide bonds. The van der Waals surface area contributed by atoms with E-state index >= 15 is 0 Å². The summed E-state index contributed by atoms with van der Waals surface area (Å²) in [5.41, 5.74) is 2.54. The summed E-state index contributed by atoms with van der Waals surface area (Å²) in [7, 11) is 0. The van der Waals surface area contributed by atoms with Crippen LogP contribution in [0.4, 0.5) is 5.69 Å². The normalized spacial score (nSPS) is 18.0. The molecule has 2 aromatic carbocycles. The van der Waals surface area contributed by atoms with Crippen molar-refractivity contribution in [2.45, 2.75) is 19.4 Å². The predicted molar refractivity (Wildman–Crippen MR) is 111 cm³/mol. The average molecular weight is 398 g/mol. The highest BCUT2D eigenvalue weighted by Gasteiger charge is 2.26. The van der Waals surface area contributed by atoms with Crippen molar-refractivity contribution < 1.29 is 9.59 Å². The molecule has 4 rings (SSSR count). The van der Waals surface area contributed by atoms with Crippen LogP contribution in [0, 0.1) is 0 Å². The zero-order valence-corrected chi connectivity index (χ0v) is 16.6. The van der Waals surface area contributed by atoms with Crippen molar-refractivity contribution in [3.05, 3.63) is 64.7 Å². The number of halogens is 1. The molecule has 0 aromatic heterocycles. The standard InChI is InChI=1S/C22H24ClN3O2/c23-19-9-8-18(15-20(19)26-10-4-7-21(26)27)22(28)25-13-11-24(12-14-25)16-17-5-2-1-3-6-17/h1-3,5-6,8-9,15H,4,7,10-14,16H2. The van der Waals surface area contributed by atoms with Crippen molar-refractivity contribution in [2.75, 3.05) is 37.6 Å². The Hall–Kier alpha value is -2.37. The number of rotatable bonds is 4. The Bertz CT molecular complexity index is 863. The molecule has 0 bridgehead atoms. The van der Waals surface area contributed by atoms with E-state index in [-0.39, 0.29) is 11.8 Å². The second kappa shape index (κ2) is 8.33. The van der Waals surface area contributed by atoms with Crippen molar-refractivity contribution in [1.82, 2.24) is 9.80 Å². The molecule has 6 heteroatoms. The molecule has 5 nitrogen and oxygen atoms in total. The van der Waals surface area contributed by atoms with Crippen LogP contribution < -0.4 is 4.90 Å². The molecule has 0 atom stereocenters. The summed E-state index contributed by atoms with van der Waals surface area (Å²) in [4.78, 5) is 31.0. The quantitative estimate of drug-likeness (QED) is 0.794. The molecule has 2 fully saturated rings. The lowest BCUT2D eigenvalue weighted by Gasteiger charge is -2.35. The molecule has 146 valence electrons. The van der Waals surface area contributed by atoms with Crippen LogP contribution in [0.3, 0.4) is 0 Å². The molecule has 0 saturated carbocycles. The summed E-state index contributed by atoms with van der Waals surface area (Å²) in [6, 6.07) is 15.6. The minimum atomic E-state index is 0.00363. The maximum absolute atomic E-state index is 13.0. The van der Waals surface area contributed by atoms with E-state index in [9.17, 15) is 9.59 Å². The van der Waals surface area contributed by atoms with Gasteiger partial charge in [-0.1, -0.05) is 41.9 Å². The van der Waals surface area contributed by atoms with E-state index in [2.05, 4.69) is 29.2 Å². The molecule has 2 aromatic rings. The Morgan fingerprint density at radius 1 is 0.964 bits per heavy atom. The van der Waals surface area contributed by atoms with Crippen molar-refractivity contribution in [1.29, 1.82) is 0 Å². The van der Waals surface area contributed by atoms with Crippen LogP contribution in [0.15, 0.2) is 48.5 Å². The first-order valence-electron chi connectivity index (χ1n) is 9.77. The fourth-order valence-corrected chi connectivity index (χ4v) is 4.11. The Labute approximate surface area is 170 Å². The summed E-state index contributed by atoms with van der Waals surface area (Å²) in [5.74, 6) is 0.0740. The maximum Gasteiger partial charge on any atom is 0.254 e. The van der Waals surface area contributed by atoms with Crippen LogP contribution >= 0.6 is 11.6 Å². The van der Waals surface area contributed by atoms with Crippen LogP contribution in [0.25, 0.3) is 0 Å². The molecule has 2 saturated heterocycles. The van der Waals surface area contributed by atoms with Gasteiger partial charge in [-0.25, -0.2) is 0 Å². The first-order chi connectivity index (χ1) is 13.6. The lowest BCUT2D eigenvalue weighted by Crippen LogP contribution is -2.48. The largest absolute Gasteiger partial charge is 0.336 e. The van der Waals surface area contributed by atoms with Crippen LogP contribution in [0.5, 0.6) is 0 Å². The van der Waals surface area contributed by atoms with Crippen LogP contribution in [0.2, 0.25) is 5.02 Å². The van der Waals surface area contributed by atoms with Gasteiger partial charge in [0.05, 0.1) is 10.7 Å². The third-order valence-electron chi connectivity index (χ3n) is 5.47. The molecule has 2 aliphatic heterocycles. The van der Waals surface area contributed by atoms with Gasteiger partial charge in [0.15, 0.2) is 0 Å². The molecule has 0 aliphatic carbocycles. The molecular formula is C22H24ClN3O2. The number of carbonyl (C=O) groups excluding carboxylic acids is 2. The minimum absolute atomic E-state index is 0.00363. The first-order valence-corrected chi connectivity index (χ1v) is 10.1. The van der Waals surface area contributed by atoms with Gasteiger partial charge >= 0.3 is 0 Å². The Morgan fingerprint density at radius 3 is 2.39 bits per heavy atom. The highest BCUT2D eigenvalue weighted by atomic mass is 35.5. The van der Waals surface area contributed by atoms with Gasteiger partial charge in [-0.2, -0.15) is 0 Å². The molecule has 28 heavy (non-hydrogen) atoms. The average Bonchev–Trinajstić information content (AvgIpc) is 3.15. The second-order valence-electron chi connectivity index (χ2n) is 7.37. The molecule has 0 radical (unpaired) electrons. The number of benzene rings is 2. The van der Waals surface area contributed by atoms with Gasteiger partial charge in [0.2, 0.25) is 5.91 Å². The highest BCUT2D eigenvalue weighted by Crippen LogP contribution is 2.31. The van der Waals surface area contributed by atoms with Gasteiger partial charge in [0.25, 0.3) is 5.91 Å². The number of piperazine rings is 1. The summed E-state index contributed by atoms with van der Waals surface area (Å²) in [6.45, 7) is 4.68.